The highest BCUT2D eigenvalue weighted by Gasteiger charge is 2.30. The first-order valence-corrected chi connectivity index (χ1v) is 10.6. The maximum Gasteiger partial charge on any atom is 0.306 e. The van der Waals surface area contributed by atoms with Crippen molar-refractivity contribution >= 4 is 21.9 Å². The summed E-state index contributed by atoms with van der Waals surface area (Å²) in [5, 5.41) is 0. The van der Waals surface area contributed by atoms with Crippen molar-refractivity contribution in [2.45, 2.75) is 24.2 Å². The molecule has 0 N–H and O–H groups in total. The number of nitrogens with zero attached hydrogens (tertiary/aromatic N) is 2. The maximum absolute atomic E-state index is 12.6. The van der Waals surface area contributed by atoms with Gasteiger partial charge in [0.05, 0.1) is 11.3 Å². The minimum absolute atomic E-state index is 0.208. The average molecular weight is 392 g/mol. The zero-order valence-electron chi connectivity index (χ0n) is 15.1. The summed E-state index contributed by atoms with van der Waals surface area (Å²) in [6.45, 7) is 0.732. The van der Waals surface area contributed by atoms with Crippen molar-refractivity contribution in [2.24, 2.45) is 5.92 Å². The number of esters is 1. The van der Waals surface area contributed by atoms with E-state index in [1.807, 2.05) is 12.2 Å². The van der Waals surface area contributed by atoms with Gasteiger partial charge in [0.15, 0.2) is 6.61 Å². The van der Waals surface area contributed by atoms with Crippen molar-refractivity contribution in [3.8, 4) is 0 Å². The number of carbonyl (C=O) groups excluding carboxylic acids is 2. The van der Waals surface area contributed by atoms with E-state index in [-0.39, 0.29) is 55.5 Å². The third kappa shape index (κ3) is 4.95. The number of sulfonamides is 1. The Morgan fingerprint density at radius 3 is 2.41 bits per heavy atom. The predicted molar refractivity (Wildman–Crippen MR) is 99.2 cm³/mol. The number of amides is 1. The van der Waals surface area contributed by atoms with Crippen molar-refractivity contribution in [1.29, 1.82) is 0 Å². The molecule has 3 rings (SSSR count). The van der Waals surface area contributed by atoms with Gasteiger partial charge in [-0.2, -0.15) is 4.31 Å². The lowest BCUT2D eigenvalue weighted by Crippen LogP contribution is -2.51. The average Bonchev–Trinajstić information content (AvgIpc) is 3.20. The third-order valence-electron chi connectivity index (χ3n) is 4.87. The van der Waals surface area contributed by atoms with Crippen molar-refractivity contribution in [2.75, 3.05) is 32.8 Å². The number of ether oxygens (including phenoxy) is 1. The topological polar surface area (TPSA) is 84.0 Å². The molecule has 7 nitrogen and oxygen atoms in total. The first kappa shape index (κ1) is 19.6. The summed E-state index contributed by atoms with van der Waals surface area (Å²) in [5.74, 6) is -0.452. The zero-order chi connectivity index (χ0) is 19.3. The van der Waals surface area contributed by atoms with E-state index in [0.29, 0.717) is 6.42 Å². The normalized spacial score (nSPS) is 20.6. The van der Waals surface area contributed by atoms with Crippen LogP contribution in [0, 0.1) is 5.92 Å². The summed E-state index contributed by atoms with van der Waals surface area (Å²) < 4.78 is 31.6. The quantitative estimate of drug-likeness (QED) is 0.540. The van der Waals surface area contributed by atoms with Gasteiger partial charge in [0.1, 0.15) is 0 Å². The molecule has 1 aliphatic carbocycles. The molecule has 0 aromatic heterocycles. The van der Waals surface area contributed by atoms with Gasteiger partial charge >= 0.3 is 5.97 Å². The summed E-state index contributed by atoms with van der Waals surface area (Å²) >= 11 is 0. The Balaban J connectivity index is 1.45. The van der Waals surface area contributed by atoms with Crippen molar-refractivity contribution in [3.05, 3.63) is 42.5 Å². The molecule has 0 unspecified atom stereocenters. The molecule has 1 aromatic rings. The second kappa shape index (κ2) is 8.67. The molecule has 0 bridgehead atoms. The monoisotopic (exact) mass is 392 g/mol. The Morgan fingerprint density at radius 1 is 1.07 bits per heavy atom. The van der Waals surface area contributed by atoms with Crippen LogP contribution < -0.4 is 0 Å². The largest absolute Gasteiger partial charge is 0.456 e. The lowest BCUT2D eigenvalue weighted by molar-refractivity contribution is -0.153. The summed E-state index contributed by atoms with van der Waals surface area (Å²) in [4.78, 5) is 25.8. The van der Waals surface area contributed by atoms with Crippen LogP contribution in [-0.2, 0) is 24.3 Å². The lowest BCUT2D eigenvalue weighted by atomic mass is 10.1. The highest BCUT2D eigenvalue weighted by molar-refractivity contribution is 7.89. The molecule has 1 saturated heterocycles. The Morgan fingerprint density at radius 2 is 1.78 bits per heavy atom. The number of carbonyl (C=O) groups is 2. The number of rotatable bonds is 6. The summed E-state index contributed by atoms with van der Waals surface area (Å²) in [6, 6.07) is 8.25. The van der Waals surface area contributed by atoms with E-state index < -0.39 is 10.0 Å². The van der Waals surface area contributed by atoms with Crippen LogP contribution in [0.1, 0.15) is 19.3 Å². The van der Waals surface area contributed by atoms with E-state index in [2.05, 4.69) is 0 Å². The molecule has 0 saturated carbocycles. The molecule has 0 spiro atoms. The van der Waals surface area contributed by atoms with Gasteiger partial charge in [-0.05, 0) is 30.9 Å². The number of piperazine rings is 1. The van der Waals surface area contributed by atoms with Gasteiger partial charge < -0.3 is 9.64 Å². The number of hydrogen-bond donors (Lipinski definition) is 0. The van der Waals surface area contributed by atoms with Crippen LogP contribution in [-0.4, -0.2) is 62.3 Å². The zero-order valence-corrected chi connectivity index (χ0v) is 15.9. The highest BCUT2D eigenvalue weighted by atomic mass is 32.2. The van der Waals surface area contributed by atoms with Crippen LogP contribution in [0.3, 0.4) is 0 Å². The van der Waals surface area contributed by atoms with E-state index >= 15 is 0 Å². The molecule has 1 aliphatic heterocycles. The van der Waals surface area contributed by atoms with Gasteiger partial charge in [0.25, 0.3) is 5.91 Å². The van der Waals surface area contributed by atoms with Crippen LogP contribution in [0.4, 0.5) is 0 Å². The van der Waals surface area contributed by atoms with E-state index in [1.54, 1.807) is 35.2 Å². The van der Waals surface area contributed by atoms with E-state index in [4.69, 9.17) is 4.74 Å². The fraction of sp³-hybridized carbons (Fsp3) is 0.474. The molecule has 1 fully saturated rings. The molecule has 146 valence electrons. The lowest BCUT2D eigenvalue weighted by Gasteiger charge is -2.33. The predicted octanol–water partition coefficient (Wildman–Crippen LogP) is 1.42. The standard InChI is InChI=1S/C19H24N2O5S/c22-18(15-26-19(23)14-16-6-4-5-7-16)20-10-12-21(13-11-20)27(24,25)17-8-2-1-3-9-17/h1-4,6,8-9,16H,5,7,10-15H2/t16-/m1/s1. The van der Waals surface area contributed by atoms with Crippen LogP contribution in [0.25, 0.3) is 0 Å². The molecule has 1 atom stereocenters. The molecule has 8 heteroatoms. The summed E-state index contributed by atoms with van der Waals surface area (Å²) in [7, 11) is -3.55. The van der Waals surface area contributed by atoms with Crippen LogP contribution in [0.15, 0.2) is 47.4 Å². The van der Waals surface area contributed by atoms with Gasteiger partial charge in [-0.3, -0.25) is 9.59 Å². The van der Waals surface area contributed by atoms with Gasteiger partial charge in [0, 0.05) is 26.2 Å². The molecule has 1 aromatic carbocycles. The van der Waals surface area contributed by atoms with Crippen molar-refractivity contribution < 1.29 is 22.7 Å². The SMILES string of the molecule is O=C(C[C@@H]1C=CCC1)OCC(=O)N1CCN(S(=O)(=O)c2ccccc2)CC1. The second-order valence-corrected chi connectivity index (χ2v) is 8.67. The first-order chi connectivity index (χ1) is 13.0. The Bertz CT molecular complexity index is 799. The minimum atomic E-state index is -3.55. The summed E-state index contributed by atoms with van der Waals surface area (Å²) in [5.41, 5.74) is 0. The smallest absolute Gasteiger partial charge is 0.306 e. The van der Waals surface area contributed by atoms with Gasteiger partial charge in [0.2, 0.25) is 10.0 Å². The minimum Gasteiger partial charge on any atom is -0.456 e. The molecule has 2 aliphatic rings. The first-order valence-electron chi connectivity index (χ1n) is 9.12. The van der Waals surface area contributed by atoms with Gasteiger partial charge in [-0.15, -0.1) is 0 Å². The Labute approximate surface area is 159 Å². The molecule has 27 heavy (non-hydrogen) atoms. The van der Waals surface area contributed by atoms with Gasteiger partial charge in [-0.25, -0.2) is 8.42 Å². The molecule has 1 amide bonds. The third-order valence-corrected chi connectivity index (χ3v) is 6.78. The van der Waals surface area contributed by atoms with Crippen molar-refractivity contribution in [1.82, 2.24) is 9.21 Å². The van der Waals surface area contributed by atoms with E-state index in [0.717, 1.165) is 12.8 Å². The summed E-state index contributed by atoms with van der Waals surface area (Å²) in [6.07, 6.45) is 6.28. The Kier molecular flexibility index (Phi) is 6.28. The van der Waals surface area contributed by atoms with E-state index in [9.17, 15) is 18.0 Å². The van der Waals surface area contributed by atoms with E-state index in [1.165, 1.54) is 4.31 Å². The molecule has 1 heterocycles. The van der Waals surface area contributed by atoms with Crippen LogP contribution in [0.5, 0.6) is 0 Å². The fourth-order valence-corrected chi connectivity index (χ4v) is 4.73. The maximum atomic E-state index is 12.6. The number of benzene rings is 1. The number of allylic oxidation sites excluding steroid dienone is 2. The second-order valence-electron chi connectivity index (χ2n) is 6.73. The molecular formula is C19H24N2O5S. The Hall–Kier alpha value is -2.19. The van der Waals surface area contributed by atoms with Crippen LogP contribution >= 0.6 is 0 Å². The highest BCUT2D eigenvalue weighted by Crippen LogP contribution is 2.21. The van der Waals surface area contributed by atoms with Crippen molar-refractivity contribution in [3.63, 3.8) is 0 Å². The van der Waals surface area contributed by atoms with Gasteiger partial charge in [-0.1, -0.05) is 30.4 Å². The number of hydrogen-bond acceptors (Lipinski definition) is 5. The fourth-order valence-electron chi connectivity index (χ4n) is 3.29. The van der Waals surface area contributed by atoms with Crippen LogP contribution in [0.2, 0.25) is 0 Å². The molecule has 0 radical (unpaired) electrons. The molecular weight excluding hydrogens is 368 g/mol.